The lowest BCUT2D eigenvalue weighted by Crippen LogP contribution is -2.12. The Labute approximate surface area is 236 Å². The number of rotatable bonds is 8. The summed E-state index contributed by atoms with van der Waals surface area (Å²) in [5.74, 6) is 1.92. The number of methoxy groups -OCH3 is 4. The summed E-state index contributed by atoms with van der Waals surface area (Å²) in [7, 11) is 6.29. The molecule has 8 nitrogen and oxygen atoms in total. The van der Waals surface area contributed by atoms with Crippen LogP contribution in [-0.2, 0) is 0 Å². The molecule has 3 N–H and O–H groups in total. The highest BCUT2D eigenvalue weighted by atomic mass is 32.1. The number of anilines is 2. The van der Waals surface area contributed by atoms with Crippen molar-refractivity contribution in [1.29, 1.82) is 0 Å². The van der Waals surface area contributed by atoms with E-state index in [1.807, 2.05) is 55.5 Å². The maximum atomic E-state index is 13.5. The summed E-state index contributed by atoms with van der Waals surface area (Å²) >= 11 is 1.24. The van der Waals surface area contributed by atoms with Crippen molar-refractivity contribution in [2.75, 3.05) is 39.5 Å². The van der Waals surface area contributed by atoms with Crippen LogP contribution in [-0.4, -0.2) is 39.3 Å². The number of nitrogens with one attached hydrogen (secondary N) is 1. The van der Waals surface area contributed by atoms with Crippen LogP contribution in [0.2, 0.25) is 0 Å². The van der Waals surface area contributed by atoms with E-state index in [2.05, 4.69) is 5.32 Å². The number of benzene rings is 3. The van der Waals surface area contributed by atoms with Gasteiger partial charge in [0.25, 0.3) is 5.91 Å². The van der Waals surface area contributed by atoms with Gasteiger partial charge in [0.05, 0.1) is 45.5 Å². The van der Waals surface area contributed by atoms with Gasteiger partial charge in [-0.15, -0.1) is 11.3 Å². The first kappa shape index (κ1) is 26.8. The molecule has 0 aliphatic carbocycles. The van der Waals surface area contributed by atoms with Gasteiger partial charge in [0.1, 0.15) is 21.2 Å². The van der Waals surface area contributed by atoms with E-state index in [9.17, 15) is 4.79 Å². The summed E-state index contributed by atoms with van der Waals surface area (Å²) < 4.78 is 21.7. The number of nitrogen functional groups attached to an aromatic ring is 1. The molecule has 0 radical (unpaired) electrons. The summed E-state index contributed by atoms with van der Waals surface area (Å²) in [5, 5.41) is 3.62. The van der Waals surface area contributed by atoms with E-state index in [1.54, 1.807) is 39.5 Å². The molecule has 9 heteroatoms. The molecule has 0 bridgehead atoms. The SMILES string of the molecule is COc1ccc(NC(=O)c2sc3nc(-c4ccc(C)cc4)cc(-c4ccc(OC)c(OC)c4)c3c2N)c(OC)c1. The number of hydrogen-bond donors (Lipinski definition) is 2. The Bertz CT molecular complexity index is 1710. The summed E-state index contributed by atoms with van der Waals surface area (Å²) in [6.45, 7) is 2.04. The molecule has 1 amide bonds. The zero-order chi connectivity index (χ0) is 28.4. The van der Waals surface area contributed by atoms with Crippen LogP contribution < -0.4 is 30.0 Å². The molecule has 204 valence electrons. The van der Waals surface area contributed by atoms with Crippen molar-refractivity contribution in [3.8, 4) is 45.4 Å². The molecule has 5 rings (SSSR count). The number of nitrogens with two attached hydrogens (primary N) is 1. The Morgan fingerprint density at radius 3 is 2.17 bits per heavy atom. The van der Waals surface area contributed by atoms with E-state index in [0.29, 0.717) is 49.5 Å². The maximum Gasteiger partial charge on any atom is 0.268 e. The van der Waals surface area contributed by atoms with Gasteiger partial charge in [-0.2, -0.15) is 0 Å². The summed E-state index contributed by atoms with van der Waals surface area (Å²) in [4.78, 5) is 19.4. The second-order valence-corrected chi connectivity index (χ2v) is 10.0. The van der Waals surface area contributed by atoms with Crippen molar-refractivity contribution < 1.29 is 23.7 Å². The largest absolute Gasteiger partial charge is 0.497 e. The minimum Gasteiger partial charge on any atom is -0.497 e. The van der Waals surface area contributed by atoms with Gasteiger partial charge in [-0.3, -0.25) is 4.79 Å². The number of aromatic nitrogens is 1. The number of carbonyl (C=O) groups excluding carboxylic acids is 1. The molecule has 0 atom stereocenters. The number of aryl methyl sites for hydroxylation is 1. The van der Waals surface area contributed by atoms with Crippen LogP contribution >= 0.6 is 11.3 Å². The number of hydrogen-bond acceptors (Lipinski definition) is 8. The highest BCUT2D eigenvalue weighted by molar-refractivity contribution is 7.21. The normalized spacial score (nSPS) is 10.8. The highest BCUT2D eigenvalue weighted by Gasteiger charge is 2.23. The lowest BCUT2D eigenvalue weighted by Gasteiger charge is -2.13. The number of thiophene rings is 1. The summed E-state index contributed by atoms with van der Waals surface area (Å²) in [6.07, 6.45) is 0. The first-order valence-electron chi connectivity index (χ1n) is 12.4. The maximum absolute atomic E-state index is 13.5. The van der Waals surface area contributed by atoms with Crippen molar-refractivity contribution in [2.45, 2.75) is 6.92 Å². The van der Waals surface area contributed by atoms with E-state index in [-0.39, 0.29) is 5.91 Å². The van der Waals surface area contributed by atoms with Crippen molar-refractivity contribution in [3.63, 3.8) is 0 Å². The first-order chi connectivity index (χ1) is 19.4. The molecule has 0 saturated heterocycles. The molecule has 2 heterocycles. The Morgan fingerprint density at radius 2 is 1.50 bits per heavy atom. The van der Waals surface area contributed by atoms with Gasteiger partial charge < -0.3 is 30.0 Å². The molecule has 5 aromatic rings. The van der Waals surface area contributed by atoms with Gasteiger partial charge in [-0.1, -0.05) is 35.9 Å². The third-order valence-corrected chi connectivity index (χ3v) is 7.70. The van der Waals surface area contributed by atoms with Crippen LogP contribution in [0.15, 0.2) is 66.7 Å². The fraction of sp³-hybridized carbons (Fsp3) is 0.161. The van der Waals surface area contributed by atoms with E-state index >= 15 is 0 Å². The van der Waals surface area contributed by atoms with Gasteiger partial charge in [0.2, 0.25) is 0 Å². The Kier molecular flexibility index (Phi) is 7.48. The second kappa shape index (κ2) is 11.2. The third-order valence-electron chi connectivity index (χ3n) is 6.60. The topological polar surface area (TPSA) is 105 Å². The number of fused-ring (bicyclic) bond motifs is 1. The fourth-order valence-electron chi connectivity index (χ4n) is 4.47. The number of amides is 1. The van der Waals surface area contributed by atoms with Gasteiger partial charge in [-0.25, -0.2) is 4.98 Å². The lowest BCUT2D eigenvalue weighted by atomic mass is 9.98. The van der Waals surface area contributed by atoms with E-state index in [4.69, 9.17) is 29.7 Å². The highest BCUT2D eigenvalue weighted by Crippen LogP contribution is 2.43. The average Bonchev–Trinajstić information content (AvgIpc) is 3.33. The predicted octanol–water partition coefficient (Wildman–Crippen LogP) is 6.81. The third kappa shape index (κ3) is 4.99. The quantitative estimate of drug-likeness (QED) is 0.217. The van der Waals surface area contributed by atoms with Crippen LogP contribution in [0, 0.1) is 6.92 Å². The molecule has 0 aliphatic heterocycles. The van der Waals surface area contributed by atoms with Crippen LogP contribution in [0.3, 0.4) is 0 Å². The van der Waals surface area contributed by atoms with Gasteiger partial charge >= 0.3 is 0 Å². The molecule has 40 heavy (non-hydrogen) atoms. The van der Waals surface area contributed by atoms with Gasteiger partial charge in [-0.05, 0) is 48.4 Å². The van der Waals surface area contributed by atoms with Crippen LogP contribution in [0.1, 0.15) is 15.2 Å². The molecule has 3 aromatic carbocycles. The average molecular weight is 556 g/mol. The van der Waals surface area contributed by atoms with Crippen molar-refractivity contribution in [3.05, 3.63) is 77.2 Å². The van der Waals surface area contributed by atoms with Crippen molar-refractivity contribution in [1.82, 2.24) is 4.98 Å². The van der Waals surface area contributed by atoms with E-state index < -0.39 is 0 Å². The second-order valence-electron chi connectivity index (χ2n) is 9.04. The minimum absolute atomic E-state index is 0.345. The molecule has 2 aromatic heterocycles. The summed E-state index contributed by atoms with van der Waals surface area (Å²) in [5.41, 5.74) is 12.1. The first-order valence-corrected chi connectivity index (χ1v) is 13.2. The predicted molar refractivity (Wildman–Crippen MR) is 160 cm³/mol. The smallest absolute Gasteiger partial charge is 0.268 e. The Morgan fingerprint density at radius 1 is 0.800 bits per heavy atom. The fourth-order valence-corrected chi connectivity index (χ4v) is 5.49. The molecular formula is C31H29N3O5S. The van der Waals surface area contributed by atoms with Gasteiger partial charge in [0.15, 0.2) is 11.5 Å². The lowest BCUT2D eigenvalue weighted by molar-refractivity contribution is 0.103. The standard InChI is InChI=1S/C31H29N3O5S/c1-17-6-8-18(9-7-17)23-16-21(19-10-13-24(37-3)26(14-19)39-5)27-28(32)29(40-31(27)34-23)30(35)33-22-12-11-20(36-2)15-25(22)38-4/h6-16H,32H2,1-5H3,(H,33,35). The van der Waals surface area contributed by atoms with Crippen LogP contribution in [0.5, 0.6) is 23.0 Å². The molecule has 0 saturated carbocycles. The molecule has 0 spiro atoms. The monoisotopic (exact) mass is 555 g/mol. The van der Waals surface area contributed by atoms with Crippen LogP contribution in [0.4, 0.5) is 11.4 Å². The number of pyridine rings is 1. The number of carbonyl (C=O) groups is 1. The zero-order valence-corrected chi connectivity index (χ0v) is 23.6. The molecule has 0 unspecified atom stereocenters. The molecule has 0 aliphatic rings. The van der Waals surface area contributed by atoms with E-state index in [1.165, 1.54) is 18.4 Å². The minimum atomic E-state index is -0.362. The Balaban J connectivity index is 1.66. The number of ether oxygens (including phenoxy) is 4. The molecule has 0 fully saturated rings. The van der Waals surface area contributed by atoms with Gasteiger partial charge in [0, 0.05) is 17.0 Å². The number of nitrogens with zero attached hydrogens (tertiary/aromatic N) is 1. The van der Waals surface area contributed by atoms with Crippen LogP contribution in [0.25, 0.3) is 32.6 Å². The van der Waals surface area contributed by atoms with E-state index in [0.717, 1.165) is 27.9 Å². The Hall–Kier alpha value is -4.76. The van der Waals surface area contributed by atoms with Crippen molar-refractivity contribution in [2.24, 2.45) is 0 Å². The van der Waals surface area contributed by atoms with Crippen molar-refractivity contribution >= 4 is 38.8 Å². The molecular weight excluding hydrogens is 526 g/mol. The zero-order valence-electron chi connectivity index (χ0n) is 22.8. The summed E-state index contributed by atoms with van der Waals surface area (Å²) in [6, 6.07) is 21.0.